The molecular weight excluding hydrogens is 406 g/mol. The lowest BCUT2D eigenvalue weighted by Gasteiger charge is -2.25. The maximum absolute atomic E-state index is 13.0. The highest BCUT2D eigenvalue weighted by Crippen LogP contribution is 2.39. The first-order chi connectivity index (χ1) is 15.3. The van der Waals surface area contributed by atoms with Crippen LogP contribution in [0.2, 0.25) is 0 Å². The quantitative estimate of drug-likeness (QED) is 0.268. The molecule has 1 unspecified atom stereocenters. The van der Waals surface area contributed by atoms with E-state index in [4.69, 9.17) is 9.47 Å². The summed E-state index contributed by atoms with van der Waals surface area (Å²) in [5.41, 5.74) is 2.20. The van der Waals surface area contributed by atoms with Gasteiger partial charge in [-0.15, -0.1) is 0 Å². The van der Waals surface area contributed by atoms with E-state index in [0.29, 0.717) is 37.5 Å². The monoisotopic (exact) mass is 437 g/mol. The van der Waals surface area contributed by atoms with Crippen LogP contribution in [0.3, 0.4) is 0 Å². The molecule has 1 fully saturated rings. The van der Waals surface area contributed by atoms with Crippen LogP contribution in [0.5, 0.6) is 5.75 Å². The molecule has 1 amide bonds. The van der Waals surface area contributed by atoms with Crippen molar-refractivity contribution in [2.75, 3.05) is 19.8 Å². The number of hydrogen-bond donors (Lipinski definition) is 1. The first-order valence-corrected chi connectivity index (χ1v) is 11.0. The minimum atomic E-state index is -0.673. The second-order valence-electron chi connectivity index (χ2n) is 8.09. The summed E-state index contributed by atoms with van der Waals surface area (Å²) < 4.78 is 11.2. The highest BCUT2D eigenvalue weighted by Gasteiger charge is 2.45. The van der Waals surface area contributed by atoms with Gasteiger partial charge in [-0.1, -0.05) is 30.3 Å². The number of amides is 1. The third-order valence-corrected chi connectivity index (χ3v) is 5.40. The molecule has 6 nitrogen and oxygen atoms in total. The van der Waals surface area contributed by atoms with Crippen LogP contribution < -0.4 is 4.74 Å². The van der Waals surface area contributed by atoms with Gasteiger partial charge in [-0.05, 0) is 63.4 Å². The Morgan fingerprint density at radius 2 is 1.84 bits per heavy atom. The van der Waals surface area contributed by atoms with E-state index in [9.17, 15) is 14.7 Å². The van der Waals surface area contributed by atoms with Gasteiger partial charge in [0.05, 0.1) is 24.3 Å². The van der Waals surface area contributed by atoms with Crippen molar-refractivity contribution in [2.24, 2.45) is 0 Å². The predicted octanol–water partition coefficient (Wildman–Crippen LogP) is 4.63. The Hall–Kier alpha value is -3.12. The number of carbonyl (C=O) groups is 2. The molecule has 1 aliphatic rings. The number of ketones is 1. The fourth-order valence-electron chi connectivity index (χ4n) is 3.92. The first kappa shape index (κ1) is 23.5. The maximum Gasteiger partial charge on any atom is 0.295 e. The minimum Gasteiger partial charge on any atom is -0.507 e. The van der Waals surface area contributed by atoms with Gasteiger partial charge in [0.15, 0.2) is 0 Å². The molecule has 170 valence electrons. The minimum absolute atomic E-state index is 0.0956. The van der Waals surface area contributed by atoms with Crippen molar-refractivity contribution in [1.29, 1.82) is 0 Å². The third-order valence-electron chi connectivity index (χ3n) is 5.40. The largest absolute Gasteiger partial charge is 0.507 e. The van der Waals surface area contributed by atoms with Gasteiger partial charge in [0.2, 0.25) is 0 Å². The summed E-state index contributed by atoms with van der Waals surface area (Å²) in [4.78, 5) is 27.5. The van der Waals surface area contributed by atoms with Crippen molar-refractivity contribution < 1.29 is 24.2 Å². The smallest absolute Gasteiger partial charge is 0.295 e. The molecular formula is C26H31NO5. The number of benzene rings is 2. The Bertz CT molecular complexity index is 997. The number of rotatable bonds is 9. The van der Waals surface area contributed by atoms with E-state index >= 15 is 0 Å². The van der Waals surface area contributed by atoms with E-state index in [1.165, 1.54) is 4.90 Å². The second-order valence-corrected chi connectivity index (χ2v) is 8.09. The SMILES string of the molecule is CCOc1ccc(/C(O)=C2/C(=O)C(=O)N(CCCOC(C)C)C2c2ccccc2)cc1C. The molecule has 0 aromatic heterocycles. The lowest BCUT2D eigenvalue weighted by molar-refractivity contribution is -0.140. The molecule has 0 spiro atoms. The average molecular weight is 438 g/mol. The van der Waals surface area contributed by atoms with Crippen molar-refractivity contribution >= 4 is 17.4 Å². The van der Waals surface area contributed by atoms with E-state index in [1.807, 2.05) is 58.0 Å². The number of aliphatic hydroxyl groups is 1. The molecule has 2 aromatic carbocycles. The number of aliphatic hydroxyl groups excluding tert-OH is 1. The van der Waals surface area contributed by atoms with E-state index in [0.717, 1.165) is 11.1 Å². The normalized spacial score (nSPS) is 17.9. The number of Topliss-reactive ketones (excluding diaryl/α,β-unsaturated/α-hetero) is 1. The van der Waals surface area contributed by atoms with Gasteiger partial charge >= 0.3 is 0 Å². The van der Waals surface area contributed by atoms with Gasteiger partial charge < -0.3 is 19.5 Å². The van der Waals surface area contributed by atoms with E-state index in [1.54, 1.807) is 18.2 Å². The topological polar surface area (TPSA) is 76.1 Å². The maximum atomic E-state index is 13.0. The fourth-order valence-corrected chi connectivity index (χ4v) is 3.92. The molecule has 1 N–H and O–H groups in total. The molecule has 0 aliphatic carbocycles. The van der Waals surface area contributed by atoms with Crippen LogP contribution in [0.1, 0.15) is 49.9 Å². The number of carbonyl (C=O) groups excluding carboxylic acids is 2. The summed E-state index contributed by atoms with van der Waals surface area (Å²) in [7, 11) is 0. The van der Waals surface area contributed by atoms with Gasteiger partial charge in [-0.25, -0.2) is 0 Å². The van der Waals surface area contributed by atoms with E-state index in [-0.39, 0.29) is 17.4 Å². The zero-order chi connectivity index (χ0) is 23.3. The van der Waals surface area contributed by atoms with Crippen LogP contribution in [0.25, 0.3) is 5.76 Å². The third kappa shape index (κ3) is 5.02. The van der Waals surface area contributed by atoms with Gasteiger partial charge in [-0.2, -0.15) is 0 Å². The molecule has 2 aromatic rings. The molecule has 3 rings (SSSR count). The summed E-state index contributed by atoms with van der Waals surface area (Å²) in [6.07, 6.45) is 0.690. The van der Waals surface area contributed by atoms with Crippen LogP contribution in [-0.4, -0.2) is 47.6 Å². The predicted molar refractivity (Wildman–Crippen MR) is 124 cm³/mol. The number of ether oxygens (including phenoxy) is 2. The van der Waals surface area contributed by atoms with Gasteiger partial charge in [0, 0.05) is 18.7 Å². The standard InChI is InChI=1S/C26H31NO5/c1-5-31-21-13-12-20(16-18(21)4)24(28)22-23(19-10-7-6-8-11-19)27(26(30)25(22)29)14-9-15-32-17(2)3/h6-8,10-13,16-17,23,28H,5,9,14-15H2,1-4H3/b24-22-. The van der Waals surface area contributed by atoms with Crippen LogP contribution in [0.15, 0.2) is 54.1 Å². The van der Waals surface area contributed by atoms with Gasteiger partial charge in [-0.3, -0.25) is 9.59 Å². The Balaban J connectivity index is 2.01. The summed E-state index contributed by atoms with van der Waals surface area (Å²) >= 11 is 0. The zero-order valence-electron chi connectivity index (χ0n) is 19.1. The molecule has 1 heterocycles. The Morgan fingerprint density at radius 3 is 2.47 bits per heavy atom. The highest BCUT2D eigenvalue weighted by molar-refractivity contribution is 6.46. The molecule has 1 atom stereocenters. The van der Waals surface area contributed by atoms with Gasteiger partial charge in [0.1, 0.15) is 11.5 Å². The van der Waals surface area contributed by atoms with Crippen LogP contribution in [-0.2, 0) is 14.3 Å². The Kier molecular flexibility index (Phi) is 7.70. The number of nitrogens with zero attached hydrogens (tertiary/aromatic N) is 1. The van der Waals surface area contributed by atoms with Crippen molar-refractivity contribution in [3.63, 3.8) is 0 Å². The summed E-state index contributed by atoms with van der Waals surface area (Å²) in [5, 5.41) is 11.2. The van der Waals surface area contributed by atoms with E-state index in [2.05, 4.69) is 0 Å². The summed E-state index contributed by atoms with van der Waals surface area (Å²) in [6.45, 7) is 9.07. The molecule has 0 radical (unpaired) electrons. The van der Waals surface area contributed by atoms with Crippen molar-refractivity contribution in [3.8, 4) is 5.75 Å². The zero-order valence-corrected chi connectivity index (χ0v) is 19.1. The second kappa shape index (κ2) is 10.5. The summed E-state index contributed by atoms with van der Waals surface area (Å²) in [6, 6.07) is 13.9. The van der Waals surface area contributed by atoms with Crippen molar-refractivity contribution in [2.45, 2.75) is 46.3 Å². The number of hydrogen-bond acceptors (Lipinski definition) is 5. The van der Waals surface area contributed by atoms with Gasteiger partial charge in [0.25, 0.3) is 11.7 Å². The van der Waals surface area contributed by atoms with Crippen molar-refractivity contribution in [3.05, 3.63) is 70.8 Å². The lowest BCUT2D eigenvalue weighted by Crippen LogP contribution is -2.31. The van der Waals surface area contributed by atoms with Crippen molar-refractivity contribution in [1.82, 2.24) is 4.90 Å². The Labute approximate surface area is 189 Å². The Morgan fingerprint density at radius 1 is 1.12 bits per heavy atom. The van der Waals surface area contributed by atoms with Crippen LogP contribution in [0.4, 0.5) is 0 Å². The fraction of sp³-hybridized carbons (Fsp3) is 0.385. The first-order valence-electron chi connectivity index (χ1n) is 11.0. The molecule has 6 heteroatoms. The number of aryl methyl sites for hydroxylation is 1. The highest BCUT2D eigenvalue weighted by atomic mass is 16.5. The molecule has 0 bridgehead atoms. The molecule has 0 saturated carbocycles. The number of likely N-dealkylation sites (tertiary alicyclic amines) is 1. The molecule has 1 saturated heterocycles. The van der Waals surface area contributed by atoms with Crippen LogP contribution >= 0.6 is 0 Å². The summed E-state index contributed by atoms with van der Waals surface area (Å²) in [5.74, 6) is -0.737. The lowest BCUT2D eigenvalue weighted by atomic mass is 9.95. The molecule has 32 heavy (non-hydrogen) atoms. The average Bonchev–Trinajstić information content (AvgIpc) is 3.03. The van der Waals surface area contributed by atoms with Crippen LogP contribution in [0, 0.1) is 6.92 Å². The molecule has 1 aliphatic heterocycles. The van der Waals surface area contributed by atoms with E-state index < -0.39 is 17.7 Å².